The lowest BCUT2D eigenvalue weighted by Gasteiger charge is -2.19. The maximum absolute atomic E-state index is 6.41. The van der Waals surface area contributed by atoms with Gasteiger partial charge < -0.3 is 18.9 Å². The second-order valence-corrected chi connectivity index (χ2v) is 9.26. The van der Waals surface area contributed by atoms with E-state index in [-0.39, 0.29) is 18.6 Å². The number of rotatable bonds is 6. The summed E-state index contributed by atoms with van der Waals surface area (Å²) >= 11 is 0. The van der Waals surface area contributed by atoms with Crippen LogP contribution in [0.2, 0.25) is 0 Å². The van der Waals surface area contributed by atoms with E-state index in [1.165, 1.54) is 27.8 Å². The van der Waals surface area contributed by atoms with Gasteiger partial charge in [-0.2, -0.15) is 0 Å². The molecule has 4 aromatic rings. The highest BCUT2D eigenvalue weighted by molar-refractivity contribution is 5.56. The van der Waals surface area contributed by atoms with Gasteiger partial charge in [0.2, 0.25) is 6.79 Å². The maximum Gasteiger partial charge on any atom is 0.231 e. The standard InChI is InChI=1S/C31H28O4/c1-20-8-11-24-26(22-9-13-29-31(15-22)35-19-34-29)17-28(27(24)14-20)25-12-10-23(32-2)16-30(25)33-18-21-6-4-3-5-7-21/h3-16,26,28H,17-19H2,1-2H3/t26-,28+/m0/s1. The van der Waals surface area contributed by atoms with Crippen molar-refractivity contribution in [2.75, 3.05) is 13.9 Å². The van der Waals surface area contributed by atoms with Crippen molar-refractivity contribution >= 4 is 0 Å². The summed E-state index contributed by atoms with van der Waals surface area (Å²) in [5.74, 6) is 3.81. The molecular weight excluding hydrogens is 436 g/mol. The summed E-state index contributed by atoms with van der Waals surface area (Å²) in [6.07, 6.45) is 0.965. The zero-order valence-corrected chi connectivity index (χ0v) is 20.0. The summed E-state index contributed by atoms with van der Waals surface area (Å²) in [5.41, 5.74) is 7.58. The first-order valence-corrected chi connectivity index (χ1v) is 12.0. The number of ether oxygens (including phenoxy) is 4. The highest BCUT2D eigenvalue weighted by Crippen LogP contribution is 2.51. The van der Waals surface area contributed by atoms with Gasteiger partial charge in [0.05, 0.1) is 7.11 Å². The van der Waals surface area contributed by atoms with E-state index in [0.717, 1.165) is 35.0 Å². The minimum atomic E-state index is 0.219. The number of methoxy groups -OCH3 is 1. The molecule has 6 rings (SSSR count). The Kier molecular flexibility index (Phi) is 5.57. The topological polar surface area (TPSA) is 36.9 Å². The fraction of sp³-hybridized carbons (Fsp3) is 0.226. The van der Waals surface area contributed by atoms with Crippen molar-refractivity contribution in [2.24, 2.45) is 0 Å². The minimum Gasteiger partial charge on any atom is -0.497 e. The molecule has 0 N–H and O–H groups in total. The Morgan fingerprint density at radius 1 is 0.771 bits per heavy atom. The smallest absolute Gasteiger partial charge is 0.231 e. The molecule has 1 aliphatic heterocycles. The highest BCUT2D eigenvalue weighted by Gasteiger charge is 2.35. The van der Waals surface area contributed by atoms with Crippen LogP contribution in [0.3, 0.4) is 0 Å². The molecule has 4 nitrogen and oxygen atoms in total. The molecular formula is C31H28O4. The Labute approximate surface area is 206 Å². The third-order valence-electron chi connectivity index (χ3n) is 7.10. The Morgan fingerprint density at radius 3 is 2.46 bits per heavy atom. The van der Waals surface area contributed by atoms with Crippen molar-refractivity contribution in [3.63, 3.8) is 0 Å². The molecule has 0 fully saturated rings. The summed E-state index contributed by atoms with van der Waals surface area (Å²) in [5, 5.41) is 0. The Morgan fingerprint density at radius 2 is 1.60 bits per heavy atom. The van der Waals surface area contributed by atoms with Crippen LogP contribution >= 0.6 is 0 Å². The molecule has 0 radical (unpaired) electrons. The van der Waals surface area contributed by atoms with Crippen molar-refractivity contribution in [2.45, 2.75) is 31.8 Å². The lowest BCUT2D eigenvalue weighted by atomic mass is 9.89. The average molecular weight is 465 g/mol. The van der Waals surface area contributed by atoms with Crippen LogP contribution in [0.15, 0.2) is 84.9 Å². The van der Waals surface area contributed by atoms with Gasteiger partial charge >= 0.3 is 0 Å². The molecule has 1 heterocycles. The van der Waals surface area contributed by atoms with Crippen LogP contribution in [-0.2, 0) is 6.61 Å². The first-order chi connectivity index (χ1) is 17.2. The summed E-state index contributed by atoms with van der Waals surface area (Å²) in [6.45, 7) is 2.96. The summed E-state index contributed by atoms with van der Waals surface area (Å²) in [7, 11) is 1.69. The van der Waals surface area contributed by atoms with Gasteiger partial charge in [0, 0.05) is 23.5 Å². The zero-order chi connectivity index (χ0) is 23.8. The molecule has 0 saturated carbocycles. The van der Waals surface area contributed by atoms with Gasteiger partial charge in [0.25, 0.3) is 0 Å². The third kappa shape index (κ3) is 4.10. The molecule has 0 spiro atoms. The van der Waals surface area contributed by atoms with Crippen LogP contribution in [0.4, 0.5) is 0 Å². The summed E-state index contributed by atoms with van der Waals surface area (Å²) < 4.78 is 23.2. The van der Waals surface area contributed by atoms with Crippen molar-refractivity contribution in [1.82, 2.24) is 0 Å². The number of benzene rings is 4. The van der Waals surface area contributed by atoms with Crippen molar-refractivity contribution in [3.05, 3.63) is 118 Å². The van der Waals surface area contributed by atoms with Crippen LogP contribution in [0.25, 0.3) is 0 Å². The normalized spacial score (nSPS) is 17.8. The van der Waals surface area contributed by atoms with Crippen LogP contribution in [0.1, 0.15) is 51.6 Å². The second kappa shape index (κ2) is 9.03. The third-order valence-corrected chi connectivity index (χ3v) is 7.10. The van der Waals surface area contributed by atoms with Gasteiger partial charge in [-0.1, -0.05) is 66.2 Å². The molecule has 176 valence electrons. The van der Waals surface area contributed by atoms with E-state index in [4.69, 9.17) is 18.9 Å². The van der Waals surface area contributed by atoms with E-state index in [0.29, 0.717) is 6.61 Å². The lowest BCUT2D eigenvalue weighted by molar-refractivity contribution is 0.174. The molecule has 2 atom stereocenters. The molecule has 2 aliphatic rings. The van der Waals surface area contributed by atoms with Gasteiger partial charge in [-0.3, -0.25) is 0 Å². The highest BCUT2D eigenvalue weighted by atomic mass is 16.7. The largest absolute Gasteiger partial charge is 0.497 e. The Balaban J connectivity index is 1.39. The van der Waals surface area contributed by atoms with Gasteiger partial charge in [-0.15, -0.1) is 0 Å². The Bertz CT molecular complexity index is 1360. The predicted octanol–water partition coefficient (Wildman–Crippen LogP) is 6.98. The minimum absolute atomic E-state index is 0.219. The quantitative estimate of drug-likeness (QED) is 0.308. The summed E-state index contributed by atoms with van der Waals surface area (Å²) in [6, 6.07) is 29.7. The number of hydrogen-bond acceptors (Lipinski definition) is 4. The molecule has 4 aromatic carbocycles. The molecule has 1 aliphatic carbocycles. The van der Waals surface area contributed by atoms with Crippen LogP contribution in [0, 0.1) is 6.92 Å². The number of hydrogen-bond donors (Lipinski definition) is 0. The molecule has 0 unspecified atom stereocenters. The fourth-order valence-electron chi connectivity index (χ4n) is 5.33. The monoisotopic (exact) mass is 464 g/mol. The first-order valence-electron chi connectivity index (χ1n) is 12.0. The number of aryl methyl sites for hydroxylation is 1. The summed E-state index contributed by atoms with van der Waals surface area (Å²) in [4.78, 5) is 0. The van der Waals surface area contributed by atoms with E-state index in [9.17, 15) is 0 Å². The second-order valence-electron chi connectivity index (χ2n) is 9.26. The number of fused-ring (bicyclic) bond motifs is 2. The van der Waals surface area contributed by atoms with E-state index in [1.807, 2.05) is 36.4 Å². The van der Waals surface area contributed by atoms with Crippen LogP contribution < -0.4 is 18.9 Å². The Hall–Kier alpha value is -3.92. The first kappa shape index (κ1) is 21.6. The van der Waals surface area contributed by atoms with Gasteiger partial charge in [0.15, 0.2) is 11.5 Å². The van der Waals surface area contributed by atoms with Crippen LogP contribution in [-0.4, -0.2) is 13.9 Å². The van der Waals surface area contributed by atoms with Crippen molar-refractivity contribution in [3.8, 4) is 23.0 Å². The van der Waals surface area contributed by atoms with E-state index >= 15 is 0 Å². The van der Waals surface area contributed by atoms with E-state index in [2.05, 4.69) is 55.5 Å². The molecule has 35 heavy (non-hydrogen) atoms. The van der Waals surface area contributed by atoms with Gasteiger partial charge in [-0.05, 0) is 53.8 Å². The van der Waals surface area contributed by atoms with Crippen molar-refractivity contribution < 1.29 is 18.9 Å². The van der Waals surface area contributed by atoms with Crippen LogP contribution in [0.5, 0.6) is 23.0 Å². The maximum atomic E-state index is 6.41. The SMILES string of the molecule is COc1ccc([C@H]2C[C@@H](c3ccc4c(c3)OCO4)c3ccc(C)cc32)c(OCc2ccccc2)c1. The van der Waals surface area contributed by atoms with E-state index in [1.54, 1.807) is 7.11 Å². The molecule has 0 aromatic heterocycles. The molecule has 0 bridgehead atoms. The van der Waals surface area contributed by atoms with Gasteiger partial charge in [0.1, 0.15) is 18.1 Å². The van der Waals surface area contributed by atoms with E-state index < -0.39 is 0 Å². The average Bonchev–Trinajstić information content (AvgIpc) is 3.52. The molecule has 0 amide bonds. The predicted molar refractivity (Wildman–Crippen MR) is 136 cm³/mol. The molecule has 0 saturated heterocycles. The lowest BCUT2D eigenvalue weighted by Crippen LogP contribution is -2.04. The molecule has 4 heteroatoms. The van der Waals surface area contributed by atoms with Gasteiger partial charge in [-0.25, -0.2) is 0 Å². The zero-order valence-electron chi connectivity index (χ0n) is 20.0. The van der Waals surface area contributed by atoms with Crippen molar-refractivity contribution in [1.29, 1.82) is 0 Å². The fourth-order valence-corrected chi connectivity index (χ4v) is 5.33.